The highest BCUT2D eigenvalue weighted by molar-refractivity contribution is 5.77. The van der Waals surface area contributed by atoms with Crippen molar-refractivity contribution in [1.82, 2.24) is 4.90 Å². The zero-order chi connectivity index (χ0) is 13.7. The third-order valence-corrected chi connectivity index (χ3v) is 3.23. The lowest BCUT2D eigenvalue weighted by molar-refractivity contribution is -0.134. The Bertz CT molecular complexity index is 442. The first-order chi connectivity index (χ1) is 9.16. The van der Waals surface area contributed by atoms with Gasteiger partial charge in [-0.25, -0.2) is 0 Å². The summed E-state index contributed by atoms with van der Waals surface area (Å²) in [5.41, 5.74) is 8.65. The summed E-state index contributed by atoms with van der Waals surface area (Å²) in [5.74, 6) is 0.168. The van der Waals surface area contributed by atoms with Gasteiger partial charge in [-0.1, -0.05) is 6.07 Å². The van der Waals surface area contributed by atoms with E-state index in [9.17, 15) is 4.79 Å². The summed E-state index contributed by atoms with van der Waals surface area (Å²) in [6, 6.07) is 5.87. The minimum absolute atomic E-state index is 0.168. The van der Waals surface area contributed by atoms with Crippen molar-refractivity contribution >= 4 is 17.3 Å². The smallest absolute Gasteiger partial charge is 0.224 e. The fourth-order valence-electron chi connectivity index (χ4n) is 2.12. The molecule has 1 heterocycles. The minimum atomic E-state index is 0.168. The number of morpholine rings is 1. The number of carbonyl (C=O) groups is 1. The molecule has 1 aromatic carbocycles. The van der Waals surface area contributed by atoms with E-state index in [4.69, 9.17) is 10.5 Å². The maximum Gasteiger partial charge on any atom is 0.224 e. The van der Waals surface area contributed by atoms with Crippen LogP contribution in [0.2, 0.25) is 0 Å². The Morgan fingerprint density at radius 3 is 2.84 bits per heavy atom. The van der Waals surface area contributed by atoms with Crippen LogP contribution in [-0.2, 0) is 9.53 Å². The third-order valence-electron chi connectivity index (χ3n) is 3.23. The maximum atomic E-state index is 11.9. The van der Waals surface area contributed by atoms with Gasteiger partial charge in [-0.2, -0.15) is 0 Å². The van der Waals surface area contributed by atoms with Crippen LogP contribution in [0.25, 0.3) is 0 Å². The molecule has 19 heavy (non-hydrogen) atoms. The number of nitrogen functional groups attached to an aromatic ring is 1. The van der Waals surface area contributed by atoms with Crippen LogP contribution in [0.4, 0.5) is 11.4 Å². The largest absolute Gasteiger partial charge is 0.397 e. The predicted octanol–water partition coefficient (Wildman–Crippen LogP) is 1.24. The van der Waals surface area contributed by atoms with Crippen LogP contribution in [-0.4, -0.2) is 43.7 Å². The summed E-state index contributed by atoms with van der Waals surface area (Å²) in [6.45, 7) is 5.29. The van der Waals surface area contributed by atoms with Crippen molar-refractivity contribution in [2.45, 2.75) is 13.3 Å². The van der Waals surface area contributed by atoms with E-state index >= 15 is 0 Å². The maximum absolute atomic E-state index is 11.9. The Labute approximate surface area is 113 Å². The summed E-state index contributed by atoms with van der Waals surface area (Å²) >= 11 is 0. The van der Waals surface area contributed by atoms with Crippen LogP contribution >= 0.6 is 0 Å². The van der Waals surface area contributed by atoms with Gasteiger partial charge in [0, 0.05) is 26.1 Å². The van der Waals surface area contributed by atoms with Crippen LogP contribution in [0.15, 0.2) is 18.2 Å². The zero-order valence-electron chi connectivity index (χ0n) is 11.3. The fraction of sp³-hybridized carbons (Fsp3) is 0.500. The van der Waals surface area contributed by atoms with E-state index in [1.165, 1.54) is 0 Å². The number of nitrogens with one attached hydrogen (secondary N) is 1. The number of ether oxygens (including phenoxy) is 1. The van der Waals surface area contributed by atoms with Gasteiger partial charge < -0.3 is 20.7 Å². The van der Waals surface area contributed by atoms with Gasteiger partial charge in [0.1, 0.15) is 0 Å². The summed E-state index contributed by atoms with van der Waals surface area (Å²) in [7, 11) is 0. The van der Waals surface area contributed by atoms with Gasteiger partial charge >= 0.3 is 0 Å². The number of amides is 1. The molecule has 5 nitrogen and oxygen atoms in total. The summed E-state index contributed by atoms with van der Waals surface area (Å²) in [4.78, 5) is 13.8. The molecule has 5 heteroatoms. The quantitative estimate of drug-likeness (QED) is 0.802. The molecular formula is C14H21N3O2. The second-order valence-corrected chi connectivity index (χ2v) is 4.76. The molecule has 1 amide bonds. The molecule has 1 saturated heterocycles. The van der Waals surface area contributed by atoms with Gasteiger partial charge in [0.15, 0.2) is 0 Å². The average Bonchev–Trinajstić information content (AvgIpc) is 2.42. The molecule has 0 saturated carbocycles. The van der Waals surface area contributed by atoms with Gasteiger partial charge in [-0.15, -0.1) is 0 Å². The van der Waals surface area contributed by atoms with Crippen molar-refractivity contribution in [3.63, 3.8) is 0 Å². The topological polar surface area (TPSA) is 67.6 Å². The van der Waals surface area contributed by atoms with Gasteiger partial charge in [-0.3, -0.25) is 4.79 Å². The van der Waals surface area contributed by atoms with E-state index in [-0.39, 0.29) is 5.91 Å². The lowest BCUT2D eigenvalue weighted by Gasteiger charge is -2.27. The second kappa shape index (κ2) is 6.43. The Morgan fingerprint density at radius 1 is 1.42 bits per heavy atom. The Kier molecular flexibility index (Phi) is 4.63. The SMILES string of the molecule is Cc1ccc(NCCC(=O)N2CCOCC2)c(N)c1. The number of hydrogen-bond acceptors (Lipinski definition) is 4. The molecule has 1 aliphatic heterocycles. The normalized spacial score (nSPS) is 15.3. The standard InChI is InChI=1S/C14H21N3O2/c1-11-2-3-13(12(15)10-11)16-5-4-14(18)17-6-8-19-9-7-17/h2-3,10,16H,4-9,15H2,1H3. The molecule has 0 radical (unpaired) electrons. The lowest BCUT2D eigenvalue weighted by atomic mass is 10.2. The van der Waals surface area contributed by atoms with E-state index in [1.807, 2.05) is 30.0 Å². The number of benzene rings is 1. The first-order valence-corrected chi connectivity index (χ1v) is 6.62. The van der Waals surface area contributed by atoms with Crippen molar-refractivity contribution in [2.24, 2.45) is 0 Å². The molecule has 0 spiro atoms. The highest BCUT2D eigenvalue weighted by Gasteiger charge is 2.16. The van der Waals surface area contributed by atoms with Crippen LogP contribution in [0.5, 0.6) is 0 Å². The van der Waals surface area contributed by atoms with Crippen LogP contribution < -0.4 is 11.1 Å². The first-order valence-electron chi connectivity index (χ1n) is 6.62. The summed E-state index contributed by atoms with van der Waals surface area (Å²) < 4.78 is 5.22. The molecule has 0 aromatic heterocycles. The van der Waals surface area contributed by atoms with Crippen molar-refractivity contribution in [2.75, 3.05) is 43.9 Å². The highest BCUT2D eigenvalue weighted by Crippen LogP contribution is 2.19. The number of nitrogens with zero attached hydrogens (tertiary/aromatic N) is 1. The molecule has 3 N–H and O–H groups in total. The van der Waals surface area contributed by atoms with Crippen molar-refractivity contribution in [1.29, 1.82) is 0 Å². The Morgan fingerprint density at radius 2 is 2.16 bits per heavy atom. The van der Waals surface area contributed by atoms with E-state index in [0.29, 0.717) is 39.3 Å². The Hall–Kier alpha value is -1.75. The molecule has 104 valence electrons. The molecular weight excluding hydrogens is 242 g/mol. The molecule has 0 unspecified atom stereocenters. The number of aryl methyl sites for hydroxylation is 1. The molecule has 1 aromatic rings. The monoisotopic (exact) mass is 263 g/mol. The number of carbonyl (C=O) groups excluding carboxylic acids is 1. The van der Waals surface area contributed by atoms with Gasteiger partial charge in [0.2, 0.25) is 5.91 Å². The van der Waals surface area contributed by atoms with E-state index < -0.39 is 0 Å². The van der Waals surface area contributed by atoms with E-state index in [2.05, 4.69) is 5.32 Å². The van der Waals surface area contributed by atoms with Crippen molar-refractivity contribution in [3.05, 3.63) is 23.8 Å². The highest BCUT2D eigenvalue weighted by atomic mass is 16.5. The predicted molar refractivity (Wildman–Crippen MR) is 76.1 cm³/mol. The molecule has 0 aliphatic carbocycles. The molecule has 0 bridgehead atoms. The number of rotatable bonds is 4. The van der Waals surface area contributed by atoms with Crippen LogP contribution in [0.1, 0.15) is 12.0 Å². The number of nitrogens with two attached hydrogens (primary N) is 1. The third kappa shape index (κ3) is 3.86. The fourth-order valence-corrected chi connectivity index (χ4v) is 2.12. The lowest BCUT2D eigenvalue weighted by Crippen LogP contribution is -2.41. The van der Waals surface area contributed by atoms with Gasteiger partial charge in [-0.05, 0) is 24.6 Å². The van der Waals surface area contributed by atoms with Crippen LogP contribution in [0.3, 0.4) is 0 Å². The van der Waals surface area contributed by atoms with E-state index in [1.54, 1.807) is 0 Å². The van der Waals surface area contributed by atoms with Gasteiger partial charge in [0.05, 0.1) is 24.6 Å². The number of anilines is 2. The second-order valence-electron chi connectivity index (χ2n) is 4.76. The average molecular weight is 263 g/mol. The van der Waals surface area contributed by atoms with E-state index in [0.717, 1.165) is 16.9 Å². The Balaban J connectivity index is 1.78. The molecule has 1 fully saturated rings. The number of hydrogen-bond donors (Lipinski definition) is 2. The van der Waals surface area contributed by atoms with Crippen molar-refractivity contribution in [3.8, 4) is 0 Å². The van der Waals surface area contributed by atoms with Crippen molar-refractivity contribution < 1.29 is 9.53 Å². The summed E-state index contributed by atoms with van der Waals surface area (Å²) in [5, 5.41) is 3.21. The zero-order valence-corrected chi connectivity index (χ0v) is 11.3. The van der Waals surface area contributed by atoms with Crippen LogP contribution in [0, 0.1) is 6.92 Å². The molecule has 1 aliphatic rings. The summed E-state index contributed by atoms with van der Waals surface area (Å²) in [6.07, 6.45) is 0.479. The molecule has 0 atom stereocenters. The van der Waals surface area contributed by atoms with Gasteiger partial charge in [0.25, 0.3) is 0 Å². The first kappa shape index (κ1) is 13.7. The molecule has 2 rings (SSSR count). The minimum Gasteiger partial charge on any atom is -0.397 e.